The maximum Gasteiger partial charge on any atom is 0.181 e. The normalized spacial score (nSPS) is 10.6. The van der Waals surface area contributed by atoms with E-state index in [1.165, 1.54) is 11.3 Å². The largest absolute Gasteiger partial charge is 0.494 e. The molecule has 0 radical (unpaired) electrons. The van der Waals surface area contributed by atoms with E-state index in [9.17, 15) is 0 Å². The second kappa shape index (κ2) is 3.05. The Morgan fingerprint density at radius 1 is 1.54 bits per heavy atom. The molecule has 68 valence electrons. The summed E-state index contributed by atoms with van der Waals surface area (Å²) in [5, 5.41) is 1.16. The van der Waals surface area contributed by atoms with Gasteiger partial charge >= 0.3 is 0 Å². The van der Waals surface area contributed by atoms with Crippen molar-refractivity contribution in [2.45, 2.75) is 0 Å². The lowest BCUT2D eigenvalue weighted by Gasteiger charge is -2.00. The zero-order chi connectivity index (χ0) is 9.42. The van der Waals surface area contributed by atoms with Crippen LogP contribution in [0.2, 0.25) is 5.02 Å². The smallest absolute Gasteiger partial charge is 0.181 e. The lowest BCUT2D eigenvalue weighted by Crippen LogP contribution is -1.85. The van der Waals surface area contributed by atoms with E-state index in [4.69, 9.17) is 22.1 Å². The number of nitrogens with two attached hydrogens (primary N) is 1. The minimum Gasteiger partial charge on any atom is -0.494 e. The van der Waals surface area contributed by atoms with Crippen molar-refractivity contribution < 1.29 is 4.74 Å². The average Bonchev–Trinajstić information content (AvgIpc) is 2.43. The molecule has 5 heteroatoms. The summed E-state index contributed by atoms with van der Waals surface area (Å²) in [6.45, 7) is 0. The second-order valence-electron chi connectivity index (χ2n) is 2.51. The third kappa shape index (κ3) is 1.43. The van der Waals surface area contributed by atoms with E-state index in [1.54, 1.807) is 13.2 Å². The topological polar surface area (TPSA) is 48.1 Å². The van der Waals surface area contributed by atoms with Crippen molar-refractivity contribution in [1.29, 1.82) is 0 Å². The van der Waals surface area contributed by atoms with Crippen LogP contribution in [0.15, 0.2) is 12.1 Å². The van der Waals surface area contributed by atoms with Gasteiger partial charge in [-0.15, -0.1) is 0 Å². The predicted octanol–water partition coefficient (Wildman–Crippen LogP) is 2.54. The van der Waals surface area contributed by atoms with Crippen LogP contribution in [0.25, 0.3) is 10.2 Å². The maximum atomic E-state index is 5.87. The van der Waals surface area contributed by atoms with Crippen LogP contribution < -0.4 is 10.5 Å². The molecule has 0 bridgehead atoms. The van der Waals surface area contributed by atoms with Gasteiger partial charge in [-0.2, -0.15) is 0 Å². The number of fused-ring (bicyclic) bond motifs is 1. The van der Waals surface area contributed by atoms with Crippen molar-refractivity contribution in [3.05, 3.63) is 17.2 Å². The summed E-state index contributed by atoms with van der Waals surface area (Å²) in [5.74, 6) is 0.662. The highest BCUT2D eigenvalue weighted by molar-refractivity contribution is 7.22. The fraction of sp³-hybridized carbons (Fsp3) is 0.125. The van der Waals surface area contributed by atoms with E-state index in [0.29, 0.717) is 15.9 Å². The van der Waals surface area contributed by atoms with Gasteiger partial charge in [0.15, 0.2) is 5.13 Å². The van der Waals surface area contributed by atoms with Crippen LogP contribution in [0.4, 0.5) is 5.13 Å². The van der Waals surface area contributed by atoms with E-state index in [1.807, 2.05) is 6.07 Å². The Kier molecular flexibility index (Phi) is 2.01. The Labute approximate surface area is 84.1 Å². The van der Waals surface area contributed by atoms with Crippen molar-refractivity contribution in [1.82, 2.24) is 4.98 Å². The molecule has 1 aromatic heterocycles. The molecule has 0 spiro atoms. The molecule has 1 aromatic carbocycles. The third-order valence-corrected chi connectivity index (χ3v) is 2.71. The number of anilines is 1. The average molecular weight is 215 g/mol. The Morgan fingerprint density at radius 2 is 2.31 bits per heavy atom. The van der Waals surface area contributed by atoms with Gasteiger partial charge in [-0.3, -0.25) is 0 Å². The summed E-state index contributed by atoms with van der Waals surface area (Å²) in [6, 6.07) is 3.55. The zero-order valence-electron chi connectivity index (χ0n) is 6.87. The van der Waals surface area contributed by atoms with Crippen LogP contribution in [0.5, 0.6) is 5.75 Å². The summed E-state index contributed by atoms with van der Waals surface area (Å²) < 4.78 is 6.07. The molecule has 0 saturated carbocycles. The van der Waals surface area contributed by atoms with Gasteiger partial charge in [-0.25, -0.2) is 4.98 Å². The van der Waals surface area contributed by atoms with Gasteiger partial charge < -0.3 is 10.5 Å². The van der Waals surface area contributed by atoms with Gasteiger partial charge in [-0.1, -0.05) is 22.9 Å². The van der Waals surface area contributed by atoms with Crippen LogP contribution in [0.3, 0.4) is 0 Å². The molecule has 0 amide bonds. The van der Waals surface area contributed by atoms with Crippen LogP contribution in [-0.4, -0.2) is 12.1 Å². The van der Waals surface area contributed by atoms with Crippen molar-refractivity contribution in [3.63, 3.8) is 0 Å². The van der Waals surface area contributed by atoms with Crippen LogP contribution in [-0.2, 0) is 0 Å². The highest BCUT2D eigenvalue weighted by Crippen LogP contribution is 2.33. The number of hydrogen-bond donors (Lipinski definition) is 1. The van der Waals surface area contributed by atoms with Gasteiger partial charge in [0, 0.05) is 11.1 Å². The molecule has 13 heavy (non-hydrogen) atoms. The molecule has 2 rings (SSSR count). The first-order chi connectivity index (χ1) is 6.20. The summed E-state index contributed by atoms with van der Waals surface area (Å²) >= 11 is 7.27. The van der Waals surface area contributed by atoms with Crippen molar-refractivity contribution in [2.24, 2.45) is 0 Å². The van der Waals surface area contributed by atoms with Crippen molar-refractivity contribution in [2.75, 3.05) is 12.8 Å². The Bertz CT molecular complexity index is 455. The van der Waals surface area contributed by atoms with E-state index < -0.39 is 0 Å². The second-order valence-corrected chi connectivity index (χ2v) is 4.01. The van der Waals surface area contributed by atoms with E-state index >= 15 is 0 Å². The molecule has 0 unspecified atom stereocenters. The summed E-state index contributed by atoms with van der Waals surface area (Å²) in [7, 11) is 1.58. The van der Waals surface area contributed by atoms with Crippen LogP contribution >= 0.6 is 22.9 Å². The number of methoxy groups -OCH3 is 1. The fourth-order valence-electron chi connectivity index (χ4n) is 1.14. The highest BCUT2D eigenvalue weighted by atomic mass is 35.5. The number of nitrogen functional groups attached to an aromatic ring is 1. The summed E-state index contributed by atoms with van der Waals surface area (Å²) in [5.41, 5.74) is 6.35. The summed E-state index contributed by atoms with van der Waals surface area (Å²) in [6.07, 6.45) is 0. The van der Waals surface area contributed by atoms with E-state index in [2.05, 4.69) is 4.98 Å². The number of aromatic nitrogens is 1. The fourth-order valence-corrected chi connectivity index (χ4v) is 2.20. The van der Waals surface area contributed by atoms with Crippen LogP contribution in [0.1, 0.15) is 0 Å². The number of benzene rings is 1. The summed E-state index contributed by atoms with van der Waals surface area (Å²) in [4.78, 5) is 4.14. The molecule has 0 aliphatic heterocycles. The molecule has 0 aliphatic rings. The van der Waals surface area contributed by atoms with Crippen molar-refractivity contribution >= 4 is 38.3 Å². The van der Waals surface area contributed by atoms with Gasteiger partial charge in [0.05, 0.1) is 11.8 Å². The number of thiazole rings is 1. The predicted molar refractivity (Wildman–Crippen MR) is 55.6 cm³/mol. The number of halogens is 1. The molecule has 3 nitrogen and oxygen atoms in total. The minimum atomic E-state index is 0.524. The molecule has 0 aliphatic carbocycles. The molecule has 1 heterocycles. The van der Waals surface area contributed by atoms with Crippen molar-refractivity contribution in [3.8, 4) is 5.75 Å². The Morgan fingerprint density at radius 3 is 3.00 bits per heavy atom. The first-order valence-electron chi connectivity index (χ1n) is 3.60. The standard InChI is InChI=1S/C8H7ClN2OS/c1-12-5-2-4(9)3-6-7(5)11-8(10)13-6/h2-3H,1H3,(H2,10,11). The molecule has 0 fully saturated rings. The third-order valence-electron chi connectivity index (χ3n) is 1.66. The molecular weight excluding hydrogens is 208 g/mol. The van der Waals surface area contributed by atoms with Gasteiger partial charge in [0.2, 0.25) is 0 Å². The molecular formula is C8H7ClN2OS. The SMILES string of the molecule is COc1cc(Cl)cc2sc(N)nc12. The van der Waals surface area contributed by atoms with Gasteiger partial charge in [0.25, 0.3) is 0 Å². The monoisotopic (exact) mass is 214 g/mol. The lowest BCUT2D eigenvalue weighted by atomic mass is 10.3. The highest BCUT2D eigenvalue weighted by Gasteiger charge is 2.08. The zero-order valence-corrected chi connectivity index (χ0v) is 8.45. The first kappa shape index (κ1) is 8.59. The van der Waals surface area contributed by atoms with Crippen LogP contribution in [0, 0.1) is 0 Å². The maximum absolute atomic E-state index is 5.87. The number of hydrogen-bond acceptors (Lipinski definition) is 4. The van der Waals surface area contributed by atoms with Gasteiger partial charge in [-0.05, 0) is 6.07 Å². The number of nitrogens with zero attached hydrogens (tertiary/aromatic N) is 1. The minimum absolute atomic E-state index is 0.524. The van der Waals surface area contributed by atoms with E-state index in [-0.39, 0.29) is 0 Å². The first-order valence-corrected chi connectivity index (χ1v) is 4.79. The Balaban J connectivity index is 2.80. The Hall–Kier alpha value is -1.00. The quantitative estimate of drug-likeness (QED) is 0.794. The van der Waals surface area contributed by atoms with E-state index in [0.717, 1.165) is 10.2 Å². The number of ether oxygens (including phenoxy) is 1. The number of rotatable bonds is 1. The molecule has 0 saturated heterocycles. The van der Waals surface area contributed by atoms with Gasteiger partial charge in [0.1, 0.15) is 11.3 Å². The molecule has 2 aromatic rings. The molecule has 2 N–H and O–H groups in total. The molecule has 0 atom stereocenters. The lowest BCUT2D eigenvalue weighted by molar-refractivity contribution is 0.419.